The molecule has 0 bridgehead atoms. The van der Waals surface area contributed by atoms with Gasteiger partial charge < -0.3 is 15.2 Å². The van der Waals surface area contributed by atoms with Gasteiger partial charge in [-0.2, -0.15) is 5.10 Å². The Labute approximate surface area is 198 Å². The SMILES string of the molecule is COc1ccc(Cl)cc1C(=O)Nc1cc(=O)n(CC(C)(C)O)nc1-c1ccccc1C(C)C. The number of aliphatic hydroxyl groups is 1. The molecule has 1 heterocycles. The molecule has 0 aliphatic carbocycles. The number of ether oxygens (including phenoxy) is 1. The molecule has 33 heavy (non-hydrogen) atoms. The first-order chi connectivity index (χ1) is 15.5. The highest BCUT2D eigenvalue weighted by Crippen LogP contribution is 2.33. The van der Waals surface area contributed by atoms with Gasteiger partial charge >= 0.3 is 0 Å². The van der Waals surface area contributed by atoms with Gasteiger partial charge in [-0.3, -0.25) is 9.59 Å². The molecule has 2 N–H and O–H groups in total. The average Bonchev–Trinajstić information content (AvgIpc) is 2.74. The lowest BCUT2D eigenvalue weighted by Gasteiger charge is -2.21. The number of hydrogen-bond donors (Lipinski definition) is 2. The monoisotopic (exact) mass is 469 g/mol. The molecule has 0 unspecified atom stereocenters. The van der Waals surface area contributed by atoms with Gasteiger partial charge in [-0.25, -0.2) is 4.68 Å². The van der Waals surface area contributed by atoms with Crippen LogP contribution in [0.3, 0.4) is 0 Å². The van der Waals surface area contributed by atoms with E-state index >= 15 is 0 Å². The van der Waals surface area contributed by atoms with Crippen LogP contribution in [0, 0.1) is 0 Å². The summed E-state index contributed by atoms with van der Waals surface area (Å²) in [5, 5.41) is 18.0. The lowest BCUT2D eigenvalue weighted by molar-refractivity contribution is 0.0562. The molecule has 1 aromatic heterocycles. The van der Waals surface area contributed by atoms with Gasteiger partial charge in [0, 0.05) is 16.7 Å². The van der Waals surface area contributed by atoms with E-state index in [1.165, 1.54) is 23.9 Å². The molecule has 0 fully saturated rings. The van der Waals surface area contributed by atoms with Crippen molar-refractivity contribution < 1.29 is 14.6 Å². The number of aromatic nitrogens is 2. The van der Waals surface area contributed by atoms with Crippen LogP contribution in [0.25, 0.3) is 11.3 Å². The summed E-state index contributed by atoms with van der Waals surface area (Å²) in [6.07, 6.45) is 0. The van der Waals surface area contributed by atoms with Crippen LogP contribution in [0.5, 0.6) is 5.75 Å². The Kier molecular flexibility index (Phi) is 7.25. The third-order valence-corrected chi connectivity index (χ3v) is 5.26. The maximum absolute atomic E-state index is 13.1. The van der Waals surface area contributed by atoms with Gasteiger partial charge in [-0.15, -0.1) is 0 Å². The molecular weight excluding hydrogens is 442 g/mol. The van der Waals surface area contributed by atoms with E-state index in [0.717, 1.165) is 11.1 Å². The van der Waals surface area contributed by atoms with Crippen molar-refractivity contribution in [2.45, 2.75) is 45.8 Å². The molecule has 2 aromatic carbocycles. The van der Waals surface area contributed by atoms with Gasteiger partial charge in [0.1, 0.15) is 11.4 Å². The van der Waals surface area contributed by atoms with E-state index in [-0.39, 0.29) is 23.7 Å². The van der Waals surface area contributed by atoms with Gasteiger partial charge in [0.15, 0.2) is 0 Å². The van der Waals surface area contributed by atoms with Crippen LogP contribution in [0.1, 0.15) is 49.5 Å². The largest absolute Gasteiger partial charge is 0.496 e. The van der Waals surface area contributed by atoms with Crippen molar-refractivity contribution in [2.24, 2.45) is 0 Å². The number of halogens is 1. The second-order valence-electron chi connectivity index (χ2n) is 8.76. The van der Waals surface area contributed by atoms with Gasteiger partial charge in [0.2, 0.25) is 0 Å². The van der Waals surface area contributed by atoms with Gasteiger partial charge in [0.25, 0.3) is 11.5 Å². The van der Waals surface area contributed by atoms with Gasteiger partial charge in [0.05, 0.1) is 30.5 Å². The standard InChI is InChI=1S/C25H28ClN3O4/c1-15(2)17-8-6-7-9-18(17)23-20(13-22(30)29(28-23)14-25(3,4)32)27-24(31)19-12-16(26)10-11-21(19)33-5/h6-13,15,32H,14H2,1-5H3,(H,27,31). The molecule has 174 valence electrons. The summed E-state index contributed by atoms with van der Waals surface area (Å²) in [6, 6.07) is 13.7. The highest BCUT2D eigenvalue weighted by Gasteiger charge is 2.22. The normalized spacial score (nSPS) is 11.5. The Morgan fingerprint density at radius 2 is 1.91 bits per heavy atom. The summed E-state index contributed by atoms with van der Waals surface area (Å²) in [6.45, 7) is 7.31. The van der Waals surface area contributed by atoms with Gasteiger partial charge in [-0.05, 0) is 43.5 Å². The van der Waals surface area contributed by atoms with Crippen molar-refractivity contribution in [3.05, 3.63) is 75.0 Å². The molecule has 3 aromatic rings. The number of carbonyl (C=O) groups excluding carboxylic acids is 1. The summed E-state index contributed by atoms with van der Waals surface area (Å²) in [7, 11) is 1.46. The molecule has 0 radical (unpaired) electrons. The lowest BCUT2D eigenvalue weighted by atomic mass is 9.94. The van der Waals surface area contributed by atoms with E-state index in [9.17, 15) is 14.7 Å². The molecule has 3 rings (SSSR count). The highest BCUT2D eigenvalue weighted by atomic mass is 35.5. The van der Waals surface area contributed by atoms with E-state index in [1.807, 2.05) is 24.3 Å². The second-order valence-corrected chi connectivity index (χ2v) is 9.19. The number of nitrogens with zero attached hydrogens (tertiary/aromatic N) is 2. The third-order valence-electron chi connectivity index (χ3n) is 5.03. The first-order valence-electron chi connectivity index (χ1n) is 10.6. The maximum Gasteiger partial charge on any atom is 0.268 e. The fourth-order valence-corrected chi connectivity index (χ4v) is 3.70. The Bertz CT molecular complexity index is 1230. The third kappa shape index (κ3) is 5.80. The zero-order chi connectivity index (χ0) is 24.3. The molecule has 7 nitrogen and oxygen atoms in total. The number of rotatable bonds is 7. The minimum absolute atomic E-state index is 0.000971. The predicted octanol–water partition coefficient (Wildman–Crippen LogP) is 4.72. The second kappa shape index (κ2) is 9.77. The van der Waals surface area contributed by atoms with Crippen LogP contribution in [0.2, 0.25) is 5.02 Å². The molecular formula is C25H28ClN3O4. The average molecular weight is 470 g/mol. The highest BCUT2D eigenvalue weighted by molar-refractivity contribution is 6.31. The molecule has 0 saturated heterocycles. The minimum Gasteiger partial charge on any atom is -0.496 e. The Morgan fingerprint density at radius 3 is 2.55 bits per heavy atom. The van der Waals surface area contributed by atoms with Crippen LogP contribution < -0.4 is 15.6 Å². The summed E-state index contributed by atoms with van der Waals surface area (Å²) in [5.74, 6) is 0.0395. The number of benzene rings is 2. The molecule has 0 saturated carbocycles. The summed E-state index contributed by atoms with van der Waals surface area (Å²) in [4.78, 5) is 26.0. The van der Waals surface area contributed by atoms with E-state index < -0.39 is 17.1 Å². The van der Waals surface area contributed by atoms with Crippen molar-refractivity contribution in [2.75, 3.05) is 12.4 Å². The van der Waals surface area contributed by atoms with Crippen LogP contribution in [0.4, 0.5) is 5.69 Å². The predicted molar refractivity (Wildman–Crippen MR) is 130 cm³/mol. The van der Waals surface area contributed by atoms with Crippen molar-refractivity contribution in [3.63, 3.8) is 0 Å². The van der Waals surface area contributed by atoms with Crippen molar-refractivity contribution in [1.82, 2.24) is 9.78 Å². The first-order valence-corrected chi connectivity index (χ1v) is 11.0. The minimum atomic E-state index is -1.15. The van der Waals surface area contributed by atoms with Crippen molar-refractivity contribution in [1.29, 1.82) is 0 Å². The number of amides is 1. The quantitative estimate of drug-likeness (QED) is 0.522. The van der Waals surface area contributed by atoms with Crippen molar-refractivity contribution in [3.8, 4) is 17.0 Å². The molecule has 8 heteroatoms. The molecule has 0 spiro atoms. The summed E-state index contributed by atoms with van der Waals surface area (Å²) < 4.78 is 6.50. The van der Waals surface area contributed by atoms with Crippen molar-refractivity contribution >= 4 is 23.2 Å². The first kappa shape index (κ1) is 24.5. The summed E-state index contributed by atoms with van der Waals surface area (Å²) in [5.41, 5.74) is 1.11. The topological polar surface area (TPSA) is 93.5 Å². The van der Waals surface area contributed by atoms with Gasteiger partial charge in [-0.1, -0.05) is 49.7 Å². The zero-order valence-electron chi connectivity index (χ0n) is 19.3. The maximum atomic E-state index is 13.1. The Balaban J connectivity index is 2.17. The fourth-order valence-electron chi connectivity index (χ4n) is 3.53. The van der Waals surface area contributed by atoms with E-state index in [2.05, 4.69) is 24.3 Å². The van der Waals surface area contributed by atoms with Crippen LogP contribution >= 0.6 is 11.6 Å². The Morgan fingerprint density at radius 1 is 1.21 bits per heavy atom. The number of methoxy groups -OCH3 is 1. The molecule has 0 aliphatic rings. The lowest BCUT2D eigenvalue weighted by Crippen LogP contribution is -2.34. The van der Waals surface area contributed by atoms with Crippen LogP contribution in [-0.4, -0.2) is 33.5 Å². The number of carbonyl (C=O) groups is 1. The van der Waals surface area contributed by atoms with E-state index in [1.54, 1.807) is 26.0 Å². The molecule has 0 atom stereocenters. The van der Waals surface area contributed by atoms with E-state index in [4.69, 9.17) is 16.3 Å². The Hall–Kier alpha value is -3.16. The molecule has 1 amide bonds. The van der Waals surface area contributed by atoms with E-state index in [0.29, 0.717) is 16.5 Å². The summed E-state index contributed by atoms with van der Waals surface area (Å²) >= 11 is 6.09. The number of anilines is 1. The number of hydrogen-bond acceptors (Lipinski definition) is 5. The smallest absolute Gasteiger partial charge is 0.268 e. The number of nitrogens with one attached hydrogen (secondary N) is 1. The fraction of sp³-hybridized carbons (Fsp3) is 0.320. The molecule has 0 aliphatic heterocycles. The van der Waals surface area contributed by atoms with Crippen LogP contribution in [-0.2, 0) is 6.54 Å². The van der Waals surface area contributed by atoms with Crippen LogP contribution in [0.15, 0.2) is 53.3 Å². The zero-order valence-corrected chi connectivity index (χ0v) is 20.1.